The van der Waals surface area contributed by atoms with Crippen LogP contribution in [-0.2, 0) is 0 Å². The summed E-state index contributed by atoms with van der Waals surface area (Å²) in [5.74, 6) is -0.887. The van der Waals surface area contributed by atoms with Crippen molar-refractivity contribution in [1.29, 1.82) is 5.26 Å². The zero-order chi connectivity index (χ0) is 23.8. The Bertz CT molecular complexity index is 1190. The molecule has 0 radical (unpaired) electrons. The van der Waals surface area contributed by atoms with Crippen molar-refractivity contribution in [2.45, 2.75) is 25.0 Å². The zero-order valence-electron chi connectivity index (χ0n) is 18.9. The lowest BCUT2D eigenvalue weighted by Crippen LogP contribution is -2.49. The van der Waals surface area contributed by atoms with Gasteiger partial charge in [-0.2, -0.15) is 5.26 Å². The number of ether oxygens (including phenoxy) is 1. The number of anilines is 1. The molecule has 2 aromatic rings. The van der Waals surface area contributed by atoms with Crippen LogP contribution in [0.5, 0.6) is 5.75 Å². The Morgan fingerprint density at radius 1 is 1.12 bits per heavy atom. The third kappa shape index (κ3) is 3.95. The first-order valence-electron chi connectivity index (χ1n) is 11.2. The molecule has 0 amide bonds. The van der Waals surface area contributed by atoms with E-state index in [0.29, 0.717) is 17.8 Å². The van der Waals surface area contributed by atoms with Crippen LogP contribution >= 0.6 is 0 Å². The number of nitriles is 1. The van der Waals surface area contributed by atoms with Gasteiger partial charge < -0.3 is 20.3 Å². The normalized spacial score (nSPS) is 22.4. The summed E-state index contributed by atoms with van der Waals surface area (Å²) in [6.07, 6.45) is 7.62. The molecule has 2 saturated heterocycles. The van der Waals surface area contributed by atoms with Crippen molar-refractivity contribution in [3.8, 4) is 11.8 Å². The minimum atomic E-state index is -0.585. The number of nitrogens with zero attached hydrogens (tertiary/aromatic N) is 5. The van der Waals surface area contributed by atoms with E-state index in [0.717, 1.165) is 31.6 Å². The fourth-order valence-electron chi connectivity index (χ4n) is 4.84. The summed E-state index contributed by atoms with van der Waals surface area (Å²) in [5, 5.41) is 13.4. The van der Waals surface area contributed by atoms with Gasteiger partial charge in [-0.3, -0.25) is 5.01 Å². The number of hydrogen-bond donors (Lipinski definition) is 1. The lowest BCUT2D eigenvalue weighted by Gasteiger charge is -2.40. The number of hydrogen-bond acceptors (Lipinski definition) is 7. The van der Waals surface area contributed by atoms with Crippen LogP contribution in [0.15, 0.2) is 60.7 Å². The van der Waals surface area contributed by atoms with Crippen molar-refractivity contribution < 1.29 is 13.5 Å². The van der Waals surface area contributed by atoms with E-state index in [1.54, 1.807) is 12.1 Å². The number of hydrazine groups is 1. The van der Waals surface area contributed by atoms with Crippen LogP contribution in [0.2, 0.25) is 0 Å². The highest BCUT2D eigenvalue weighted by atomic mass is 19.1. The minimum Gasteiger partial charge on any atom is -0.494 e. The molecule has 3 aliphatic heterocycles. The number of methoxy groups -OCH3 is 1. The molecule has 3 aliphatic rings. The number of piperidine rings is 1. The summed E-state index contributed by atoms with van der Waals surface area (Å²) in [5.41, 5.74) is 8.44. The van der Waals surface area contributed by atoms with Crippen molar-refractivity contribution in [2.75, 3.05) is 31.6 Å². The van der Waals surface area contributed by atoms with Crippen LogP contribution in [-0.4, -0.2) is 47.7 Å². The van der Waals surface area contributed by atoms with E-state index < -0.39 is 17.8 Å². The Hall–Kier alpha value is -3.61. The molecule has 3 heterocycles. The molecule has 176 valence electrons. The van der Waals surface area contributed by atoms with Gasteiger partial charge in [0.05, 0.1) is 24.9 Å². The number of fused-ring (bicyclic) bond motifs is 1. The first-order chi connectivity index (χ1) is 16.5. The summed E-state index contributed by atoms with van der Waals surface area (Å²) in [6.45, 7) is 2.16. The summed E-state index contributed by atoms with van der Waals surface area (Å²) in [4.78, 5) is 4.05. The number of halogens is 2. The van der Waals surface area contributed by atoms with Gasteiger partial charge in [0, 0.05) is 43.4 Å². The lowest BCUT2D eigenvalue weighted by atomic mass is 10.1. The fourth-order valence-corrected chi connectivity index (χ4v) is 4.84. The van der Waals surface area contributed by atoms with Gasteiger partial charge in [-0.1, -0.05) is 6.07 Å². The van der Waals surface area contributed by atoms with Crippen LogP contribution < -0.4 is 15.4 Å². The standard InChI is InChI=1S/C25H26F2N6O/c1-34-24-7-5-17(11-23(24)27)25-32-10-9-31(30-8-2-3-19(29)14-30)15-21(32)16-33(25)20-6-4-18(13-28)22(26)12-20/h4-7,9-12,15,19,25H,2-3,8,14,16,29H2,1H3/t19?,25-/m0/s1. The highest BCUT2D eigenvalue weighted by Gasteiger charge is 2.38. The van der Waals surface area contributed by atoms with E-state index in [2.05, 4.69) is 14.9 Å². The van der Waals surface area contributed by atoms with Crippen molar-refractivity contribution in [1.82, 2.24) is 14.9 Å². The smallest absolute Gasteiger partial charge is 0.165 e. The highest BCUT2D eigenvalue weighted by molar-refractivity contribution is 5.56. The maximum atomic E-state index is 14.6. The van der Waals surface area contributed by atoms with Crippen LogP contribution in [0.3, 0.4) is 0 Å². The number of rotatable bonds is 4. The van der Waals surface area contributed by atoms with Crippen LogP contribution in [0.4, 0.5) is 14.5 Å². The molecule has 0 spiro atoms. The molecule has 2 fully saturated rings. The summed E-state index contributed by atoms with van der Waals surface area (Å²) < 4.78 is 34.2. The second kappa shape index (κ2) is 8.97. The third-order valence-corrected chi connectivity index (χ3v) is 6.53. The zero-order valence-corrected chi connectivity index (χ0v) is 18.9. The van der Waals surface area contributed by atoms with Crippen molar-refractivity contribution in [3.63, 3.8) is 0 Å². The minimum absolute atomic E-state index is 0.0144. The molecule has 9 heteroatoms. The molecule has 0 aromatic heterocycles. The molecule has 2 atom stereocenters. The third-order valence-electron chi connectivity index (χ3n) is 6.53. The first kappa shape index (κ1) is 22.2. The maximum absolute atomic E-state index is 14.6. The predicted molar refractivity (Wildman–Crippen MR) is 124 cm³/mol. The van der Waals surface area contributed by atoms with Gasteiger partial charge in [0.2, 0.25) is 0 Å². The van der Waals surface area contributed by atoms with Gasteiger partial charge in [-0.05, 0) is 48.7 Å². The monoisotopic (exact) mass is 464 g/mol. The summed E-state index contributed by atoms with van der Waals surface area (Å²) in [6, 6.07) is 11.4. The van der Waals surface area contributed by atoms with Gasteiger partial charge in [0.1, 0.15) is 18.1 Å². The molecule has 0 saturated carbocycles. The number of benzene rings is 2. The van der Waals surface area contributed by atoms with Gasteiger partial charge in [-0.25, -0.2) is 13.8 Å². The highest BCUT2D eigenvalue weighted by Crippen LogP contribution is 2.42. The molecule has 34 heavy (non-hydrogen) atoms. The van der Waals surface area contributed by atoms with E-state index in [4.69, 9.17) is 15.7 Å². The largest absolute Gasteiger partial charge is 0.494 e. The molecular weight excluding hydrogens is 438 g/mol. The van der Waals surface area contributed by atoms with Gasteiger partial charge in [0.15, 0.2) is 11.6 Å². The van der Waals surface area contributed by atoms with Crippen LogP contribution in [0, 0.1) is 23.0 Å². The Kier molecular flexibility index (Phi) is 5.86. The topological polar surface area (TPSA) is 72.0 Å². The predicted octanol–water partition coefficient (Wildman–Crippen LogP) is 3.63. The van der Waals surface area contributed by atoms with Gasteiger partial charge in [0.25, 0.3) is 0 Å². The molecule has 2 N–H and O–H groups in total. The molecule has 5 rings (SSSR count). The van der Waals surface area contributed by atoms with E-state index in [1.807, 2.05) is 35.6 Å². The quantitative estimate of drug-likeness (QED) is 0.741. The lowest BCUT2D eigenvalue weighted by molar-refractivity contribution is 0.0320. The second-order valence-corrected chi connectivity index (χ2v) is 8.69. The summed E-state index contributed by atoms with van der Waals surface area (Å²) >= 11 is 0. The summed E-state index contributed by atoms with van der Waals surface area (Å²) in [7, 11) is 1.43. The van der Waals surface area contributed by atoms with E-state index >= 15 is 0 Å². The Morgan fingerprint density at radius 3 is 2.68 bits per heavy atom. The molecule has 1 unspecified atom stereocenters. The van der Waals surface area contributed by atoms with E-state index in [9.17, 15) is 8.78 Å². The first-order valence-corrected chi connectivity index (χ1v) is 11.2. The average molecular weight is 465 g/mol. The van der Waals surface area contributed by atoms with Gasteiger partial charge in [-0.15, -0.1) is 0 Å². The SMILES string of the molecule is COc1ccc([C@H]2N3C=CN(N4CCCC(N)C4)C=C3CN2c2ccc(C#N)c(F)c2)cc1F. The van der Waals surface area contributed by atoms with Crippen molar-refractivity contribution in [2.24, 2.45) is 5.73 Å². The molecule has 7 nitrogen and oxygen atoms in total. The van der Waals surface area contributed by atoms with E-state index in [1.165, 1.54) is 25.3 Å². The molecular formula is C25H26F2N6O. The second-order valence-electron chi connectivity index (χ2n) is 8.69. The molecule has 0 aliphatic carbocycles. The number of nitrogens with two attached hydrogens (primary N) is 1. The molecule has 0 bridgehead atoms. The Balaban J connectivity index is 1.53. The van der Waals surface area contributed by atoms with Crippen LogP contribution in [0.1, 0.15) is 30.1 Å². The Morgan fingerprint density at radius 2 is 1.97 bits per heavy atom. The Labute approximate surface area is 197 Å². The molecule has 2 aromatic carbocycles. The van der Waals surface area contributed by atoms with Crippen molar-refractivity contribution in [3.05, 3.63) is 83.5 Å². The maximum Gasteiger partial charge on any atom is 0.165 e. The van der Waals surface area contributed by atoms with Crippen molar-refractivity contribution >= 4 is 5.69 Å². The van der Waals surface area contributed by atoms with Gasteiger partial charge >= 0.3 is 0 Å². The van der Waals surface area contributed by atoms with E-state index in [-0.39, 0.29) is 17.4 Å². The average Bonchev–Trinajstić information content (AvgIpc) is 3.22. The van der Waals surface area contributed by atoms with Crippen LogP contribution in [0.25, 0.3) is 0 Å². The fraction of sp³-hybridized carbons (Fsp3) is 0.320.